The lowest BCUT2D eigenvalue weighted by Crippen LogP contribution is -2.42. The molecule has 1 aliphatic heterocycles. The van der Waals surface area contributed by atoms with Crippen molar-refractivity contribution in [3.8, 4) is 0 Å². The molecule has 31 heavy (non-hydrogen) atoms. The minimum Gasteiger partial charge on any atom is -0.459 e. The molecule has 0 aromatic carbocycles. The van der Waals surface area contributed by atoms with Gasteiger partial charge in [-0.25, -0.2) is 0 Å². The number of likely N-dealkylation sites (N-methyl/N-ethyl adjacent to an activating group) is 1. The number of hydrogen-bond donors (Lipinski definition) is 0. The van der Waals surface area contributed by atoms with Crippen LogP contribution in [-0.2, 0) is 14.3 Å². The third kappa shape index (κ3) is 14.6. The van der Waals surface area contributed by atoms with Gasteiger partial charge >= 0.3 is 5.97 Å². The first-order valence-corrected chi connectivity index (χ1v) is 13.2. The molecule has 0 unspecified atom stereocenters. The molecule has 0 aromatic heterocycles. The van der Waals surface area contributed by atoms with Gasteiger partial charge in [0, 0.05) is 25.9 Å². The molecule has 0 aromatic rings. The molecule has 5 nitrogen and oxygen atoms in total. The van der Waals surface area contributed by atoms with E-state index in [2.05, 4.69) is 25.8 Å². The van der Waals surface area contributed by atoms with Crippen molar-refractivity contribution in [1.29, 1.82) is 0 Å². The topological polar surface area (TPSA) is 49.9 Å². The van der Waals surface area contributed by atoms with Crippen LogP contribution in [0.5, 0.6) is 0 Å². The van der Waals surface area contributed by atoms with E-state index in [4.69, 9.17) is 4.74 Å². The molecule has 0 aliphatic carbocycles. The average molecular weight is 439 g/mol. The molecule has 0 spiro atoms. The summed E-state index contributed by atoms with van der Waals surface area (Å²) in [5.41, 5.74) is 0. The Labute approximate surface area is 192 Å². The number of amides is 1. The van der Waals surface area contributed by atoms with Gasteiger partial charge in [0.25, 0.3) is 0 Å². The molecule has 1 fully saturated rings. The Hall–Kier alpha value is -1.10. The maximum atomic E-state index is 12.5. The van der Waals surface area contributed by atoms with E-state index in [0.717, 1.165) is 32.4 Å². The number of unbranched alkanes of at least 4 members (excludes halogenated alkanes) is 11. The first-order chi connectivity index (χ1) is 15.1. The van der Waals surface area contributed by atoms with E-state index in [1.165, 1.54) is 70.6 Å². The zero-order valence-corrected chi connectivity index (χ0v) is 20.8. The van der Waals surface area contributed by atoms with Crippen LogP contribution in [-0.4, -0.2) is 61.0 Å². The second-order valence-corrected chi connectivity index (χ2v) is 9.46. The van der Waals surface area contributed by atoms with Crippen LogP contribution < -0.4 is 0 Å². The Bertz CT molecular complexity index is 470. The van der Waals surface area contributed by atoms with Crippen LogP contribution in [0.15, 0.2) is 0 Å². The highest BCUT2D eigenvalue weighted by molar-refractivity contribution is 5.78. The number of carbonyl (C=O) groups is 2. The van der Waals surface area contributed by atoms with Gasteiger partial charge in [-0.1, -0.05) is 84.5 Å². The Morgan fingerprint density at radius 3 is 2.10 bits per heavy atom. The van der Waals surface area contributed by atoms with Crippen molar-refractivity contribution >= 4 is 11.9 Å². The first-order valence-electron chi connectivity index (χ1n) is 13.2. The number of hydrogen-bond acceptors (Lipinski definition) is 4. The summed E-state index contributed by atoms with van der Waals surface area (Å²) in [6.45, 7) is 7.53. The summed E-state index contributed by atoms with van der Waals surface area (Å²) in [6.07, 6.45) is 17.9. The predicted molar refractivity (Wildman–Crippen MR) is 129 cm³/mol. The van der Waals surface area contributed by atoms with E-state index in [9.17, 15) is 9.59 Å². The molecule has 0 bridgehead atoms. The molecular weight excluding hydrogens is 388 g/mol. The van der Waals surface area contributed by atoms with Gasteiger partial charge in [0.1, 0.15) is 6.10 Å². The van der Waals surface area contributed by atoms with Crippen LogP contribution in [0.25, 0.3) is 0 Å². The second kappa shape index (κ2) is 18.5. The van der Waals surface area contributed by atoms with E-state index >= 15 is 0 Å². The van der Waals surface area contributed by atoms with Gasteiger partial charge in [-0.05, 0) is 32.9 Å². The van der Waals surface area contributed by atoms with E-state index in [-0.39, 0.29) is 18.0 Å². The van der Waals surface area contributed by atoms with Crippen LogP contribution in [0.2, 0.25) is 0 Å². The Morgan fingerprint density at radius 1 is 0.935 bits per heavy atom. The zero-order valence-electron chi connectivity index (χ0n) is 20.8. The van der Waals surface area contributed by atoms with Crippen molar-refractivity contribution in [2.75, 3.05) is 33.2 Å². The SMILES string of the molecule is CCCCCCCCCCCC(=O)O[C@H](CN(C)CCCCCC)CN1CCCC1=O. The first kappa shape index (κ1) is 27.9. The number of rotatable bonds is 20. The Morgan fingerprint density at radius 2 is 1.52 bits per heavy atom. The van der Waals surface area contributed by atoms with E-state index in [0.29, 0.717) is 25.9 Å². The normalized spacial score (nSPS) is 15.1. The Kier molecular flexibility index (Phi) is 16.6. The largest absolute Gasteiger partial charge is 0.459 e. The number of esters is 1. The highest BCUT2D eigenvalue weighted by Gasteiger charge is 2.26. The van der Waals surface area contributed by atoms with Crippen molar-refractivity contribution in [2.45, 2.75) is 123 Å². The van der Waals surface area contributed by atoms with E-state index in [1.54, 1.807) is 0 Å². The van der Waals surface area contributed by atoms with Crippen molar-refractivity contribution in [2.24, 2.45) is 0 Å². The third-order valence-corrected chi connectivity index (χ3v) is 6.29. The van der Waals surface area contributed by atoms with Crippen LogP contribution in [0.4, 0.5) is 0 Å². The average Bonchev–Trinajstić information content (AvgIpc) is 3.14. The molecule has 1 atom stereocenters. The molecule has 0 N–H and O–H groups in total. The molecule has 182 valence electrons. The van der Waals surface area contributed by atoms with Gasteiger partial charge in [0.05, 0.1) is 6.54 Å². The van der Waals surface area contributed by atoms with Crippen LogP contribution >= 0.6 is 0 Å². The quantitative estimate of drug-likeness (QED) is 0.174. The van der Waals surface area contributed by atoms with Gasteiger partial charge in [0.2, 0.25) is 5.91 Å². The van der Waals surface area contributed by atoms with Crippen LogP contribution in [0.3, 0.4) is 0 Å². The maximum Gasteiger partial charge on any atom is 0.306 e. The summed E-state index contributed by atoms with van der Waals surface area (Å²) >= 11 is 0. The van der Waals surface area contributed by atoms with E-state index < -0.39 is 0 Å². The lowest BCUT2D eigenvalue weighted by molar-refractivity contribution is -0.152. The fourth-order valence-corrected chi connectivity index (χ4v) is 4.35. The summed E-state index contributed by atoms with van der Waals surface area (Å²) in [6, 6.07) is 0. The van der Waals surface area contributed by atoms with Crippen molar-refractivity contribution in [3.63, 3.8) is 0 Å². The summed E-state index contributed by atoms with van der Waals surface area (Å²) in [4.78, 5) is 28.6. The standard InChI is InChI=1S/C26H50N2O3/c1-4-6-8-10-11-12-13-14-15-19-26(30)31-24(23-28-21-17-18-25(28)29)22-27(3)20-16-9-7-5-2/h24H,4-23H2,1-3H3/t24-/m1/s1. The van der Waals surface area contributed by atoms with Crippen molar-refractivity contribution in [3.05, 3.63) is 0 Å². The lowest BCUT2D eigenvalue weighted by Gasteiger charge is -2.28. The molecule has 1 amide bonds. The van der Waals surface area contributed by atoms with Crippen molar-refractivity contribution in [1.82, 2.24) is 9.80 Å². The molecule has 1 aliphatic rings. The molecule has 1 rings (SSSR count). The highest BCUT2D eigenvalue weighted by atomic mass is 16.5. The van der Waals surface area contributed by atoms with Gasteiger partial charge in [0.15, 0.2) is 0 Å². The van der Waals surface area contributed by atoms with Crippen molar-refractivity contribution < 1.29 is 14.3 Å². The monoisotopic (exact) mass is 438 g/mol. The van der Waals surface area contributed by atoms with Gasteiger partial charge in [-0.15, -0.1) is 0 Å². The third-order valence-electron chi connectivity index (χ3n) is 6.29. The minimum atomic E-state index is -0.218. The number of ether oxygens (including phenoxy) is 1. The number of nitrogens with zero attached hydrogens (tertiary/aromatic N) is 2. The lowest BCUT2D eigenvalue weighted by atomic mass is 10.1. The summed E-state index contributed by atoms with van der Waals surface area (Å²) in [5.74, 6) is 0.101. The summed E-state index contributed by atoms with van der Waals surface area (Å²) in [7, 11) is 2.10. The number of carbonyl (C=O) groups excluding carboxylic acids is 2. The van der Waals surface area contributed by atoms with Crippen LogP contribution in [0.1, 0.15) is 117 Å². The fourth-order valence-electron chi connectivity index (χ4n) is 4.35. The number of likely N-dealkylation sites (tertiary alicyclic amines) is 1. The smallest absolute Gasteiger partial charge is 0.306 e. The summed E-state index contributed by atoms with van der Waals surface area (Å²) in [5, 5.41) is 0. The second-order valence-electron chi connectivity index (χ2n) is 9.46. The van der Waals surface area contributed by atoms with E-state index in [1.807, 2.05) is 4.90 Å². The summed E-state index contributed by atoms with van der Waals surface area (Å²) < 4.78 is 5.86. The molecule has 0 radical (unpaired) electrons. The maximum absolute atomic E-state index is 12.5. The molecule has 1 saturated heterocycles. The molecular formula is C26H50N2O3. The van der Waals surface area contributed by atoms with Crippen LogP contribution in [0, 0.1) is 0 Å². The van der Waals surface area contributed by atoms with Gasteiger partial charge in [-0.2, -0.15) is 0 Å². The molecule has 1 heterocycles. The fraction of sp³-hybridized carbons (Fsp3) is 0.923. The molecule has 5 heteroatoms. The van der Waals surface area contributed by atoms with Gasteiger partial charge < -0.3 is 14.5 Å². The Balaban J connectivity index is 2.29. The molecule has 0 saturated carbocycles. The minimum absolute atomic E-state index is 0.0982. The predicted octanol–water partition coefficient (Wildman–Crippen LogP) is 5.95. The van der Waals surface area contributed by atoms with Gasteiger partial charge in [-0.3, -0.25) is 9.59 Å². The zero-order chi connectivity index (χ0) is 22.7. The highest BCUT2D eigenvalue weighted by Crippen LogP contribution is 2.14.